The van der Waals surface area contributed by atoms with E-state index in [4.69, 9.17) is 4.74 Å². The molecule has 3 atom stereocenters. The number of ether oxygens (including phenoxy) is 1. The van der Waals surface area contributed by atoms with E-state index in [1.165, 1.54) is 0 Å². The highest BCUT2D eigenvalue weighted by Crippen LogP contribution is 2.33. The molecule has 1 fully saturated rings. The number of piperidine rings is 1. The van der Waals surface area contributed by atoms with Crippen LogP contribution in [0, 0.1) is 23.7 Å². The average Bonchev–Trinajstić information content (AvgIpc) is 2.87. The van der Waals surface area contributed by atoms with Crippen molar-refractivity contribution in [2.45, 2.75) is 25.4 Å². The maximum Gasteiger partial charge on any atom is 0.308 e. The van der Waals surface area contributed by atoms with Crippen molar-refractivity contribution in [2.75, 3.05) is 26.7 Å². The summed E-state index contributed by atoms with van der Waals surface area (Å²) in [4.78, 5) is 18.5. The fraction of sp³-hybridized carbons (Fsp3) is 0.385. The number of aliphatic hydroxyl groups excluding tert-OH is 1. The van der Waals surface area contributed by atoms with Gasteiger partial charge in [-0.25, -0.2) is 0 Å². The molecule has 1 unspecified atom stereocenters. The summed E-state index contributed by atoms with van der Waals surface area (Å²) in [5.41, 5.74) is 2.36. The number of hydrogen-bond acceptors (Lipinski definition) is 7. The van der Waals surface area contributed by atoms with Gasteiger partial charge >= 0.3 is 5.97 Å². The molecule has 8 nitrogen and oxygen atoms in total. The zero-order valence-corrected chi connectivity index (χ0v) is 19.1. The number of aromatic nitrogens is 3. The van der Waals surface area contributed by atoms with Crippen molar-refractivity contribution in [1.29, 1.82) is 0 Å². The Bertz CT molecular complexity index is 1190. The highest BCUT2D eigenvalue weighted by atomic mass is 16.5. The fourth-order valence-electron chi connectivity index (χ4n) is 4.55. The number of pyridine rings is 1. The molecule has 3 aromatic rings. The number of nitrogens with zero attached hydrogens (tertiary/aromatic N) is 4. The maximum absolute atomic E-state index is 12.0. The second kappa shape index (κ2) is 11.1. The standard InChI is InChI=1S/C26H28N4O4/c1-34-20-5-6-24-22(15-20)21(9-11-27-24)25(31)7-4-19-10-14-30(17-23(19)26(32)33)13-2-3-18-8-12-28-29-16-18/h5-6,8-9,11-12,15-16,19,23,25,31H,4,7,10,13-14,17H2,1H3,(H,32,33)/t19-,23+,25?/m1/s1. The Hall–Kier alpha value is -3.54. The molecule has 176 valence electrons. The molecule has 0 bridgehead atoms. The smallest absolute Gasteiger partial charge is 0.308 e. The third kappa shape index (κ3) is 5.68. The van der Waals surface area contributed by atoms with Crippen LogP contribution in [0.5, 0.6) is 5.75 Å². The Morgan fingerprint density at radius 1 is 1.26 bits per heavy atom. The number of benzene rings is 1. The zero-order valence-electron chi connectivity index (χ0n) is 19.1. The summed E-state index contributed by atoms with van der Waals surface area (Å²) in [6, 6.07) is 9.20. The van der Waals surface area contributed by atoms with Crippen LogP contribution in [-0.4, -0.2) is 63.0 Å². The third-order valence-corrected chi connectivity index (χ3v) is 6.43. The first-order valence-corrected chi connectivity index (χ1v) is 11.4. The molecule has 0 aliphatic carbocycles. The summed E-state index contributed by atoms with van der Waals surface area (Å²) < 4.78 is 5.32. The molecule has 2 N–H and O–H groups in total. The predicted octanol–water partition coefficient (Wildman–Crippen LogP) is 2.92. The number of rotatable bonds is 7. The SMILES string of the molecule is COc1ccc2nccc(C(O)CC[C@@H]3CCN(CC#Cc4ccnnc4)C[C@@H]3C(=O)O)c2c1. The topological polar surface area (TPSA) is 109 Å². The molecular weight excluding hydrogens is 432 g/mol. The summed E-state index contributed by atoms with van der Waals surface area (Å²) in [5, 5.41) is 29.2. The minimum absolute atomic E-state index is 0.00314. The molecular formula is C26H28N4O4. The van der Waals surface area contributed by atoms with E-state index < -0.39 is 18.0 Å². The van der Waals surface area contributed by atoms with Crippen LogP contribution in [0.15, 0.2) is 48.9 Å². The van der Waals surface area contributed by atoms with Crippen LogP contribution in [0.1, 0.15) is 36.5 Å². The van der Waals surface area contributed by atoms with Gasteiger partial charge in [0.15, 0.2) is 0 Å². The largest absolute Gasteiger partial charge is 0.497 e. The molecule has 4 rings (SSSR count). The molecule has 0 spiro atoms. The van der Waals surface area contributed by atoms with Gasteiger partial charge in [-0.1, -0.05) is 11.8 Å². The van der Waals surface area contributed by atoms with Gasteiger partial charge in [-0.2, -0.15) is 10.2 Å². The molecule has 1 saturated heterocycles. The first-order chi connectivity index (χ1) is 16.5. The van der Waals surface area contributed by atoms with Gasteiger partial charge in [0, 0.05) is 23.7 Å². The van der Waals surface area contributed by atoms with E-state index in [1.54, 1.807) is 31.8 Å². The predicted molar refractivity (Wildman–Crippen MR) is 127 cm³/mol. The van der Waals surface area contributed by atoms with Gasteiger partial charge in [-0.3, -0.25) is 14.7 Å². The Labute approximate surface area is 198 Å². The van der Waals surface area contributed by atoms with Crippen molar-refractivity contribution in [2.24, 2.45) is 11.8 Å². The summed E-state index contributed by atoms with van der Waals surface area (Å²) in [6.07, 6.45) is 6.06. The van der Waals surface area contributed by atoms with E-state index in [0.717, 1.165) is 35.0 Å². The van der Waals surface area contributed by atoms with Crippen LogP contribution in [0.25, 0.3) is 10.9 Å². The van der Waals surface area contributed by atoms with E-state index in [1.807, 2.05) is 24.3 Å². The summed E-state index contributed by atoms with van der Waals surface area (Å²) >= 11 is 0. The number of methoxy groups -OCH3 is 1. The minimum atomic E-state index is -0.797. The second-order valence-corrected chi connectivity index (χ2v) is 8.54. The Balaban J connectivity index is 1.38. The van der Waals surface area contributed by atoms with Crippen molar-refractivity contribution in [3.63, 3.8) is 0 Å². The second-order valence-electron chi connectivity index (χ2n) is 8.54. The van der Waals surface area contributed by atoms with Crippen LogP contribution in [-0.2, 0) is 4.79 Å². The summed E-state index contributed by atoms with van der Waals surface area (Å²) in [6.45, 7) is 1.74. The van der Waals surface area contributed by atoms with Gasteiger partial charge in [-0.05, 0) is 67.6 Å². The number of hydrogen-bond donors (Lipinski definition) is 2. The molecule has 1 aliphatic heterocycles. The Morgan fingerprint density at radius 3 is 2.91 bits per heavy atom. The van der Waals surface area contributed by atoms with Crippen LogP contribution in [0.3, 0.4) is 0 Å². The van der Waals surface area contributed by atoms with Crippen molar-refractivity contribution in [1.82, 2.24) is 20.1 Å². The Kier molecular flexibility index (Phi) is 7.68. The maximum atomic E-state index is 12.0. The van der Waals surface area contributed by atoms with Gasteiger partial charge < -0.3 is 14.9 Å². The monoisotopic (exact) mass is 460 g/mol. The number of aliphatic hydroxyl groups is 1. The normalized spacial score (nSPS) is 19.2. The van der Waals surface area contributed by atoms with Crippen molar-refractivity contribution >= 4 is 16.9 Å². The van der Waals surface area contributed by atoms with E-state index >= 15 is 0 Å². The molecule has 1 aromatic carbocycles. The van der Waals surface area contributed by atoms with Crippen LogP contribution in [0.4, 0.5) is 0 Å². The van der Waals surface area contributed by atoms with Crippen molar-refractivity contribution in [3.8, 4) is 17.6 Å². The first-order valence-electron chi connectivity index (χ1n) is 11.4. The van der Waals surface area contributed by atoms with Crippen LogP contribution >= 0.6 is 0 Å². The van der Waals surface area contributed by atoms with E-state index in [0.29, 0.717) is 31.7 Å². The molecule has 0 saturated carbocycles. The molecule has 34 heavy (non-hydrogen) atoms. The van der Waals surface area contributed by atoms with Crippen molar-refractivity contribution < 1.29 is 19.7 Å². The highest BCUT2D eigenvalue weighted by molar-refractivity contribution is 5.83. The van der Waals surface area contributed by atoms with Crippen molar-refractivity contribution in [3.05, 3.63) is 60.0 Å². The van der Waals surface area contributed by atoms with E-state index in [-0.39, 0.29) is 5.92 Å². The number of carbonyl (C=O) groups is 1. The van der Waals surface area contributed by atoms with Gasteiger partial charge in [0.05, 0.1) is 43.6 Å². The highest BCUT2D eigenvalue weighted by Gasteiger charge is 2.34. The average molecular weight is 461 g/mol. The third-order valence-electron chi connectivity index (χ3n) is 6.43. The lowest BCUT2D eigenvalue weighted by atomic mass is 9.81. The minimum Gasteiger partial charge on any atom is -0.497 e. The first kappa shape index (κ1) is 23.6. The van der Waals surface area contributed by atoms with E-state index in [2.05, 4.69) is 31.9 Å². The number of likely N-dealkylation sites (tertiary alicyclic amines) is 1. The summed E-state index contributed by atoms with van der Waals surface area (Å²) in [5.74, 6) is 5.57. The molecule has 1 aliphatic rings. The Morgan fingerprint density at radius 2 is 2.15 bits per heavy atom. The molecule has 0 amide bonds. The van der Waals surface area contributed by atoms with Crippen LogP contribution in [0.2, 0.25) is 0 Å². The number of carboxylic acids is 1. The quantitative estimate of drug-likeness (QED) is 0.518. The fourth-order valence-corrected chi connectivity index (χ4v) is 4.55. The molecule has 8 heteroatoms. The molecule has 0 radical (unpaired) electrons. The number of fused-ring (bicyclic) bond motifs is 1. The lowest BCUT2D eigenvalue weighted by Gasteiger charge is -2.36. The lowest BCUT2D eigenvalue weighted by Crippen LogP contribution is -2.44. The number of carboxylic acid groups (broad SMARTS) is 1. The molecule has 3 heterocycles. The van der Waals surface area contributed by atoms with Gasteiger partial charge in [0.1, 0.15) is 5.75 Å². The van der Waals surface area contributed by atoms with Gasteiger partial charge in [0.2, 0.25) is 0 Å². The van der Waals surface area contributed by atoms with Gasteiger partial charge in [-0.15, -0.1) is 0 Å². The van der Waals surface area contributed by atoms with Crippen LogP contribution < -0.4 is 4.74 Å². The van der Waals surface area contributed by atoms with Gasteiger partial charge in [0.25, 0.3) is 0 Å². The van der Waals surface area contributed by atoms with E-state index in [9.17, 15) is 15.0 Å². The molecule has 2 aromatic heterocycles. The lowest BCUT2D eigenvalue weighted by molar-refractivity contribution is -0.146. The zero-order chi connectivity index (χ0) is 23.9. The summed E-state index contributed by atoms with van der Waals surface area (Å²) in [7, 11) is 1.61. The number of aliphatic carboxylic acids is 1.